The molecule has 4 nitrogen and oxygen atoms in total. The highest BCUT2D eigenvalue weighted by atomic mass is 32.2. The van der Waals surface area contributed by atoms with Crippen LogP contribution in [0.5, 0.6) is 0 Å². The minimum atomic E-state index is -3.83. The van der Waals surface area contributed by atoms with Crippen molar-refractivity contribution in [1.29, 1.82) is 0 Å². The highest BCUT2D eigenvalue weighted by Gasteiger charge is 2.44. The van der Waals surface area contributed by atoms with E-state index in [9.17, 15) is 17.9 Å². The van der Waals surface area contributed by atoms with Crippen molar-refractivity contribution < 1.29 is 17.9 Å². The lowest BCUT2D eigenvalue weighted by Gasteiger charge is -2.42. The minimum Gasteiger partial charge on any atom is -0.387 e. The largest absolute Gasteiger partial charge is 0.387 e. The summed E-state index contributed by atoms with van der Waals surface area (Å²) in [5.74, 6) is -0.762. The highest BCUT2D eigenvalue weighted by Crippen LogP contribution is 2.29. The van der Waals surface area contributed by atoms with Gasteiger partial charge in [0, 0.05) is 13.1 Å². The molecule has 0 saturated carbocycles. The summed E-state index contributed by atoms with van der Waals surface area (Å²) in [6.07, 6.45) is 0. The number of nitrogens with zero attached hydrogens (tertiary/aromatic N) is 1. The van der Waals surface area contributed by atoms with Crippen LogP contribution in [0.4, 0.5) is 4.39 Å². The molecule has 17 heavy (non-hydrogen) atoms. The van der Waals surface area contributed by atoms with E-state index in [1.807, 2.05) is 0 Å². The standard InChI is InChI=1S/C11H14FNO3S/c1-8-3-4-9(12)10(5-8)17(15,16)13-6-11(2,14)7-13/h3-5,14H,6-7H2,1-2H3. The van der Waals surface area contributed by atoms with Crippen LogP contribution in [0.1, 0.15) is 12.5 Å². The minimum absolute atomic E-state index is 0.00269. The molecule has 0 amide bonds. The van der Waals surface area contributed by atoms with Crippen LogP contribution in [0.2, 0.25) is 0 Å². The number of hydrogen-bond acceptors (Lipinski definition) is 3. The molecule has 1 aromatic carbocycles. The Morgan fingerprint density at radius 2 is 2.00 bits per heavy atom. The monoisotopic (exact) mass is 259 g/mol. The highest BCUT2D eigenvalue weighted by molar-refractivity contribution is 7.89. The molecule has 1 aromatic rings. The van der Waals surface area contributed by atoms with Crippen LogP contribution in [0, 0.1) is 12.7 Å². The summed E-state index contributed by atoms with van der Waals surface area (Å²) >= 11 is 0. The third-order valence-corrected chi connectivity index (χ3v) is 4.55. The number of halogens is 1. The topological polar surface area (TPSA) is 57.6 Å². The van der Waals surface area contributed by atoms with Gasteiger partial charge in [0.25, 0.3) is 0 Å². The molecule has 0 atom stereocenters. The summed E-state index contributed by atoms with van der Waals surface area (Å²) in [5, 5.41) is 9.52. The molecule has 0 radical (unpaired) electrons. The van der Waals surface area contributed by atoms with E-state index in [1.165, 1.54) is 12.1 Å². The first kappa shape index (κ1) is 12.5. The van der Waals surface area contributed by atoms with Gasteiger partial charge in [0.05, 0.1) is 5.60 Å². The van der Waals surface area contributed by atoms with Gasteiger partial charge in [-0.05, 0) is 31.5 Å². The van der Waals surface area contributed by atoms with Gasteiger partial charge in [0.2, 0.25) is 10.0 Å². The molecule has 1 N–H and O–H groups in total. The summed E-state index contributed by atoms with van der Waals surface area (Å²) in [7, 11) is -3.83. The van der Waals surface area contributed by atoms with E-state index in [2.05, 4.69) is 0 Å². The zero-order valence-corrected chi connectivity index (χ0v) is 10.5. The van der Waals surface area contributed by atoms with Crippen molar-refractivity contribution in [3.63, 3.8) is 0 Å². The maximum absolute atomic E-state index is 13.5. The predicted molar refractivity (Wildman–Crippen MR) is 60.5 cm³/mol. The van der Waals surface area contributed by atoms with Gasteiger partial charge in [0.1, 0.15) is 10.7 Å². The van der Waals surface area contributed by atoms with Crippen LogP contribution in [0.3, 0.4) is 0 Å². The number of rotatable bonds is 2. The number of aliphatic hydroxyl groups is 1. The van der Waals surface area contributed by atoms with Crippen LogP contribution < -0.4 is 0 Å². The quantitative estimate of drug-likeness (QED) is 0.858. The van der Waals surface area contributed by atoms with Crippen LogP contribution in [0.15, 0.2) is 23.1 Å². The average molecular weight is 259 g/mol. The SMILES string of the molecule is Cc1ccc(F)c(S(=O)(=O)N2CC(C)(O)C2)c1. The summed E-state index contributed by atoms with van der Waals surface area (Å²) < 4.78 is 38.7. The van der Waals surface area contributed by atoms with Gasteiger partial charge in [-0.15, -0.1) is 0 Å². The number of β-amino-alcohol motifs (C(OH)–C–C–N with tert-alkyl or cyclic N) is 1. The molecule has 0 aliphatic carbocycles. The Bertz CT molecular complexity index is 546. The zero-order chi connectivity index (χ0) is 12.8. The second-order valence-corrected chi connectivity index (χ2v) is 6.61. The first-order valence-corrected chi connectivity index (χ1v) is 6.65. The molecule has 6 heteroatoms. The predicted octanol–water partition coefficient (Wildman–Crippen LogP) is 0.889. The third kappa shape index (κ3) is 2.20. The second kappa shape index (κ2) is 3.76. The lowest BCUT2D eigenvalue weighted by molar-refractivity contribution is -0.0427. The van der Waals surface area contributed by atoms with Gasteiger partial charge < -0.3 is 5.11 Å². The molecule has 0 unspecified atom stereocenters. The van der Waals surface area contributed by atoms with Gasteiger partial charge >= 0.3 is 0 Å². The molecule has 1 aliphatic rings. The number of benzene rings is 1. The molecule has 1 heterocycles. The fourth-order valence-corrected chi connectivity index (χ4v) is 3.65. The molecular formula is C11H14FNO3S. The fourth-order valence-electron chi connectivity index (χ4n) is 1.83. The Morgan fingerprint density at radius 1 is 1.41 bits per heavy atom. The molecule has 0 spiro atoms. The molecule has 1 saturated heterocycles. The van der Waals surface area contributed by atoms with Crippen LogP contribution in [-0.2, 0) is 10.0 Å². The molecule has 1 aliphatic heterocycles. The smallest absolute Gasteiger partial charge is 0.246 e. The lowest BCUT2D eigenvalue weighted by atomic mass is 10.0. The third-order valence-electron chi connectivity index (χ3n) is 2.74. The van der Waals surface area contributed by atoms with Crippen LogP contribution in [-0.4, -0.2) is 36.5 Å². The van der Waals surface area contributed by atoms with E-state index in [4.69, 9.17) is 0 Å². The molecule has 0 bridgehead atoms. The Labute approximate surface area is 99.7 Å². The van der Waals surface area contributed by atoms with Crippen molar-refractivity contribution in [3.8, 4) is 0 Å². The van der Waals surface area contributed by atoms with Gasteiger partial charge in [-0.2, -0.15) is 4.31 Å². The Balaban J connectivity index is 2.36. The van der Waals surface area contributed by atoms with E-state index in [1.54, 1.807) is 13.8 Å². The van der Waals surface area contributed by atoms with Crippen molar-refractivity contribution in [2.24, 2.45) is 0 Å². The van der Waals surface area contributed by atoms with Crippen molar-refractivity contribution in [2.75, 3.05) is 13.1 Å². The van der Waals surface area contributed by atoms with Crippen molar-refractivity contribution in [3.05, 3.63) is 29.6 Å². The number of aryl methyl sites for hydroxylation is 1. The van der Waals surface area contributed by atoms with Crippen LogP contribution >= 0.6 is 0 Å². The van der Waals surface area contributed by atoms with E-state index < -0.39 is 21.4 Å². The summed E-state index contributed by atoms with van der Waals surface area (Å²) in [6, 6.07) is 3.96. The van der Waals surface area contributed by atoms with Gasteiger partial charge in [-0.3, -0.25) is 0 Å². The van der Waals surface area contributed by atoms with E-state index >= 15 is 0 Å². The molecule has 94 valence electrons. The summed E-state index contributed by atoms with van der Waals surface area (Å²) in [4.78, 5) is -0.326. The van der Waals surface area contributed by atoms with Crippen LogP contribution in [0.25, 0.3) is 0 Å². The van der Waals surface area contributed by atoms with Gasteiger partial charge in [-0.1, -0.05) is 6.07 Å². The molecule has 0 aromatic heterocycles. The Kier molecular flexibility index (Phi) is 2.76. The van der Waals surface area contributed by atoms with Gasteiger partial charge in [0.15, 0.2) is 0 Å². The zero-order valence-electron chi connectivity index (χ0n) is 9.64. The first-order chi connectivity index (χ1) is 7.72. The van der Waals surface area contributed by atoms with E-state index in [0.717, 1.165) is 10.4 Å². The van der Waals surface area contributed by atoms with Gasteiger partial charge in [-0.25, -0.2) is 12.8 Å². The first-order valence-electron chi connectivity index (χ1n) is 5.21. The van der Waals surface area contributed by atoms with Crippen molar-refractivity contribution in [1.82, 2.24) is 4.31 Å². The van der Waals surface area contributed by atoms with Crippen molar-refractivity contribution in [2.45, 2.75) is 24.3 Å². The summed E-state index contributed by atoms with van der Waals surface area (Å²) in [6.45, 7) is 3.25. The molecule has 1 fully saturated rings. The number of sulfonamides is 1. The molecular weight excluding hydrogens is 245 g/mol. The maximum atomic E-state index is 13.5. The Hall–Kier alpha value is -0.980. The fraction of sp³-hybridized carbons (Fsp3) is 0.455. The number of hydrogen-bond donors (Lipinski definition) is 1. The second-order valence-electron chi connectivity index (χ2n) is 4.70. The van der Waals surface area contributed by atoms with Crippen molar-refractivity contribution >= 4 is 10.0 Å². The molecule has 2 rings (SSSR count). The van der Waals surface area contributed by atoms with E-state index in [-0.39, 0.29) is 18.0 Å². The average Bonchev–Trinajstić information content (AvgIpc) is 2.18. The summed E-state index contributed by atoms with van der Waals surface area (Å²) in [5.41, 5.74) is -0.329. The van der Waals surface area contributed by atoms with E-state index in [0.29, 0.717) is 5.56 Å². The maximum Gasteiger partial charge on any atom is 0.246 e. The lowest BCUT2D eigenvalue weighted by Crippen LogP contribution is -2.61. The normalized spacial score (nSPS) is 20.0. The Morgan fingerprint density at radius 3 is 2.53 bits per heavy atom.